The molecule has 0 atom stereocenters. The van der Waals surface area contributed by atoms with Gasteiger partial charge < -0.3 is 0 Å². The van der Waals surface area contributed by atoms with Crippen LogP contribution in [-0.2, 0) is 12.8 Å². The number of rotatable bonds is 6. The second kappa shape index (κ2) is 8.26. The van der Waals surface area contributed by atoms with Crippen LogP contribution in [-0.4, -0.2) is 19.7 Å². The fraction of sp³-hybridized carbons (Fsp3) is 0.458. The van der Waals surface area contributed by atoms with Gasteiger partial charge in [0, 0.05) is 40.6 Å². The van der Waals surface area contributed by atoms with Crippen LogP contribution in [0.3, 0.4) is 0 Å². The van der Waals surface area contributed by atoms with Crippen molar-refractivity contribution in [3.63, 3.8) is 0 Å². The molecule has 4 heteroatoms. The standard InChI is InChI=1S/C24H30N4/c1-4-7-21-15-23(12-13-25-21)28-18(3)24(17(2)27-28)20-10-11-22(26-16-20)14-19-8-5-6-9-19/h10-13,15-16,19H,4-9,14H2,1-3H3. The minimum Gasteiger partial charge on any atom is -0.261 e. The Morgan fingerprint density at radius 3 is 2.57 bits per heavy atom. The SMILES string of the molecule is CCCc1cc(-n2nc(C)c(-c3ccc(CC4CCCC4)nc3)c2C)ccn1. The van der Waals surface area contributed by atoms with Crippen LogP contribution in [0.25, 0.3) is 16.8 Å². The van der Waals surface area contributed by atoms with Crippen molar-refractivity contribution in [1.29, 1.82) is 0 Å². The van der Waals surface area contributed by atoms with Crippen LogP contribution >= 0.6 is 0 Å². The first kappa shape index (κ1) is 18.9. The molecule has 1 saturated carbocycles. The van der Waals surface area contributed by atoms with Crippen molar-refractivity contribution >= 4 is 0 Å². The summed E-state index contributed by atoms with van der Waals surface area (Å²) in [5.41, 5.74) is 7.95. The summed E-state index contributed by atoms with van der Waals surface area (Å²) in [5.74, 6) is 0.827. The van der Waals surface area contributed by atoms with Gasteiger partial charge in [0.1, 0.15) is 0 Å². The number of aryl methyl sites for hydroxylation is 2. The third-order valence-corrected chi connectivity index (χ3v) is 5.93. The highest BCUT2D eigenvalue weighted by Gasteiger charge is 2.18. The number of nitrogens with zero attached hydrogens (tertiary/aromatic N) is 4. The smallest absolute Gasteiger partial charge is 0.0682 e. The lowest BCUT2D eigenvalue weighted by Gasteiger charge is -2.09. The minimum atomic E-state index is 0.827. The maximum Gasteiger partial charge on any atom is 0.0682 e. The van der Waals surface area contributed by atoms with E-state index in [4.69, 9.17) is 10.1 Å². The molecular weight excluding hydrogens is 344 g/mol. The lowest BCUT2D eigenvalue weighted by Crippen LogP contribution is -2.02. The monoisotopic (exact) mass is 374 g/mol. The molecule has 3 heterocycles. The van der Waals surface area contributed by atoms with Crippen molar-refractivity contribution in [3.05, 3.63) is 59.4 Å². The first-order valence-corrected chi connectivity index (χ1v) is 10.6. The molecule has 0 unspecified atom stereocenters. The maximum atomic E-state index is 4.82. The third kappa shape index (κ3) is 3.87. The zero-order valence-corrected chi connectivity index (χ0v) is 17.3. The van der Waals surface area contributed by atoms with Crippen molar-refractivity contribution in [3.8, 4) is 16.8 Å². The predicted octanol–water partition coefficient (Wildman–Crippen LogP) is 5.63. The van der Waals surface area contributed by atoms with Crippen molar-refractivity contribution in [2.45, 2.75) is 65.7 Å². The molecule has 1 aliphatic rings. The lowest BCUT2D eigenvalue weighted by molar-refractivity contribution is 0.539. The Morgan fingerprint density at radius 2 is 1.86 bits per heavy atom. The molecule has 0 amide bonds. The molecule has 0 N–H and O–H groups in total. The van der Waals surface area contributed by atoms with Crippen molar-refractivity contribution in [1.82, 2.24) is 19.7 Å². The van der Waals surface area contributed by atoms with Crippen LogP contribution < -0.4 is 0 Å². The summed E-state index contributed by atoms with van der Waals surface area (Å²) in [6, 6.07) is 8.60. The Labute approximate surface area is 168 Å². The Kier molecular flexibility index (Phi) is 5.56. The van der Waals surface area contributed by atoms with E-state index in [-0.39, 0.29) is 0 Å². The highest BCUT2D eigenvalue weighted by molar-refractivity contribution is 5.68. The van der Waals surface area contributed by atoms with Crippen LogP contribution in [0.15, 0.2) is 36.7 Å². The van der Waals surface area contributed by atoms with Crippen LogP contribution in [0, 0.1) is 19.8 Å². The molecule has 146 valence electrons. The number of hydrogen-bond donors (Lipinski definition) is 0. The molecule has 1 fully saturated rings. The molecule has 4 nitrogen and oxygen atoms in total. The first-order chi connectivity index (χ1) is 13.7. The summed E-state index contributed by atoms with van der Waals surface area (Å²) < 4.78 is 2.04. The molecule has 4 rings (SSSR count). The van der Waals surface area contributed by atoms with Crippen LogP contribution in [0.2, 0.25) is 0 Å². The van der Waals surface area contributed by atoms with E-state index >= 15 is 0 Å². The topological polar surface area (TPSA) is 43.6 Å². The highest BCUT2D eigenvalue weighted by atomic mass is 15.3. The van der Waals surface area contributed by atoms with Crippen molar-refractivity contribution < 1.29 is 0 Å². The van der Waals surface area contributed by atoms with E-state index < -0.39 is 0 Å². The predicted molar refractivity (Wildman–Crippen MR) is 114 cm³/mol. The van der Waals surface area contributed by atoms with Gasteiger partial charge >= 0.3 is 0 Å². The van der Waals surface area contributed by atoms with Gasteiger partial charge in [-0.25, -0.2) is 4.68 Å². The van der Waals surface area contributed by atoms with E-state index in [0.29, 0.717) is 0 Å². The molecule has 28 heavy (non-hydrogen) atoms. The Balaban J connectivity index is 1.61. The molecule has 0 aromatic carbocycles. The second-order valence-corrected chi connectivity index (χ2v) is 8.11. The minimum absolute atomic E-state index is 0.827. The summed E-state index contributed by atoms with van der Waals surface area (Å²) in [6.07, 6.45) is 12.6. The number of hydrogen-bond acceptors (Lipinski definition) is 3. The van der Waals surface area contributed by atoms with E-state index in [1.807, 2.05) is 23.1 Å². The fourth-order valence-corrected chi connectivity index (χ4v) is 4.51. The summed E-state index contributed by atoms with van der Waals surface area (Å²) in [5, 5.41) is 4.82. The molecule has 3 aromatic rings. The molecule has 0 spiro atoms. The van der Waals surface area contributed by atoms with Gasteiger partial charge in [-0.1, -0.05) is 45.1 Å². The molecule has 0 saturated heterocycles. The molecule has 3 aromatic heterocycles. The Morgan fingerprint density at radius 1 is 1.04 bits per heavy atom. The molecule has 0 bridgehead atoms. The van der Waals surface area contributed by atoms with Gasteiger partial charge in [0.25, 0.3) is 0 Å². The van der Waals surface area contributed by atoms with E-state index in [1.54, 1.807) is 0 Å². The van der Waals surface area contributed by atoms with Crippen LogP contribution in [0.4, 0.5) is 0 Å². The van der Waals surface area contributed by atoms with E-state index in [2.05, 4.69) is 44.0 Å². The average molecular weight is 375 g/mol. The highest BCUT2D eigenvalue weighted by Crippen LogP contribution is 2.30. The zero-order valence-electron chi connectivity index (χ0n) is 17.3. The van der Waals surface area contributed by atoms with Gasteiger partial charge in [-0.15, -0.1) is 0 Å². The van der Waals surface area contributed by atoms with E-state index in [0.717, 1.165) is 53.5 Å². The second-order valence-electron chi connectivity index (χ2n) is 8.11. The average Bonchev–Trinajstić information content (AvgIpc) is 3.31. The zero-order chi connectivity index (χ0) is 19.5. The van der Waals surface area contributed by atoms with E-state index in [9.17, 15) is 0 Å². The lowest BCUT2D eigenvalue weighted by atomic mass is 10.00. The summed E-state index contributed by atoms with van der Waals surface area (Å²) in [6.45, 7) is 6.40. The summed E-state index contributed by atoms with van der Waals surface area (Å²) >= 11 is 0. The van der Waals surface area contributed by atoms with Crippen molar-refractivity contribution in [2.24, 2.45) is 5.92 Å². The van der Waals surface area contributed by atoms with Gasteiger partial charge in [0.2, 0.25) is 0 Å². The van der Waals surface area contributed by atoms with Gasteiger partial charge in [-0.2, -0.15) is 5.10 Å². The Hall–Kier alpha value is -2.49. The maximum absolute atomic E-state index is 4.82. The van der Waals surface area contributed by atoms with Crippen LogP contribution in [0.1, 0.15) is 61.8 Å². The van der Waals surface area contributed by atoms with Gasteiger partial charge in [-0.05, 0) is 50.8 Å². The first-order valence-electron chi connectivity index (χ1n) is 10.6. The van der Waals surface area contributed by atoms with Gasteiger partial charge in [0.05, 0.1) is 11.4 Å². The molecule has 0 aliphatic heterocycles. The fourth-order valence-electron chi connectivity index (χ4n) is 4.51. The third-order valence-electron chi connectivity index (χ3n) is 5.93. The normalized spacial score (nSPS) is 14.7. The molecule has 0 radical (unpaired) electrons. The number of aromatic nitrogens is 4. The van der Waals surface area contributed by atoms with Gasteiger partial charge in [0.15, 0.2) is 0 Å². The summed E-state index contributed by atoms with van der Waals surface area (Å²) in [4.78, 5) is 9.25. The van der Waals surface area contributed by atoms with Crippen LogP contribution in [0.5, 0.6) is 0 Å². The Bertz CT molecular complexity index is 934. The summed E-state index contributed by atoms with van der Waals surface area (Å²) in [7, 11) is 0. The quantitative estimate of drug-likeness (QED) is 0.561. The number of pyridine rings is 2. The van der Waals surface area contributed by atoms with E-state index in [1.165, 1.54) is 36.9 Å². The molecule has 1 aliphatic carbocycles. The largest absolute Gasteiger partial charge is 0.261 e. The van der Waals surface area contributed by atoms with Gasteiger partial charge in [-0.3, -0.25) is 9.97 Å². The molecular formula is C24H30N4. The van der Waals surface area contributed by atoms with Crippen molar-refractivity contribution in [2.75, 3.05) is 0 Å².